The Bertz CT molecular complexity index is 854. The van der Waals surface area contributed by atoms with Gasteiger partial charge in [0.15, 0.2) is 0 Å². The van der Waals surface area contributed by atoms with Crippen molar-refractivity contribution in [3.63, 3.8) is 0 Å². The first kappa shape index (κ1) is 18.1. The van der Waals surface area contributed by atoms with Crippen molar-refractivity contribution in [1.82, 2.24) is 25.1 Å². The van der Waals surface area contributed by atoms with Gasteiger partial charge in [0, 0.05) is 13.6 Å². The lowest BCUT2D eigenvalue weighted by Crippen LogP contribution is -2.28. The minimum atomic E-state index is -0.288. The molecule has 26 heavy (non-hydrogen) atoms. The molecule has 0 atom stereocenters. The number of aromatic nitrogens is 4. The second kappa shape index (κ2) is 8.57. The molecule has 0 saturated carbocycles. The molecule has 0 N–H and O–H groups in total. The molecule has 6 nitrogen and oxygen atoms in total. The summed E-state index contributed by atoms with van der Waals surface area (Å²) in [7, 11) is 1.72. The smallest absolute Gasteiger partial charge is 0.233 e. The molecule has 0 saturated heterocycles. The fourth-order valence-corrected chi connectivity index (χ4v) is 3.16. The SMILES string of the molecule is CN(Cc1ccc(F)cc1)C(=O)CSc1nnnn1Cc1ccccc1. The number of carbonyl (C=O) groups is 1. The van der Waals surface area contributed by atoms with Crippen LogP contribution in [0.1, 0.15) is 11.1 Å². The molecule has 3 aromatic rings. The molecule has 0 aliphatic heterocycles. The molecule has 0 fully saturated rings. The van der Waals surface area contributed by atoms with E-state index >= 15 is 0 Å². The van der Waals surface area contributed by atoms with E-state index in [1.807, 2.05) is 30.3 Å². The van der Waals surface area contributed by atoms with E-state index in [0.29, 0.717) is 18.2 Å². The zero-order valence-electron chi connectivity index (χ0n) is 14.2. The number of rotatable bonds is 7. The van der Waals surface area contributed by atoms with Gasteiger partial charge < -0.3 is 4.90 Å². The predicted octanol–water partition coefficient (Wildman–Crippen LogP) is 2.61. The Hall–Kier alpha value is -2.74. The maximum absolute atomic E-state index is 12.9. The number of amides is 1. The van der Waals surface area contributed by atoms with Gasteiger partial charge >= 0.3 is 0 Å². The summed E-state index contributed by atoms with van der Waals surface area (Å²) in [6.07, 6.45) is 0. The number of benzene rings is 2. The summed E-state index contributed by atoms with van der Waals surface area (Å²) in [5, 5.41) is 12.3. The Morgan fingerprint density at radius 1 is 1.12 bits per heavy atom. The number of tetrazole rings is 1. The van der Waals surface area contributed by atoms with Crippen LogP contribution in [0, 0.1) is 5.82 Å². The van der Waals surface area contributed by atoms with Gasteiger partial charge in [0.25, 0.3) is 0 Å². The monoisotopic (exact) mass is 371 g/mol. The van der Waals surface area contributed by atoms with Gasteiger partial charge in [0.05, 0.1) is 12.3 Å². The van der Waals surface area contributed by atoms with Gasteiger partial charge in [-0.25, -0.2) is 9.07 Å². The van der Waals surface area contributed by atoms with Crippen molar-refractivity contribution in [3.05, 3.63) is 71.5 Å². The Labute approximate surface area is 155 Å². The molecular weight excluding hydrogens is 353 g/mol. The summed E-state index contributed by atoms with van der Waals surface area (Å²) in [6, 6.07) is 16.0. The number of carbonyl (C=O) groups excluding carboxylic acids is 1. The molecule has 134 valence electrons. The molecular formula is C18H18FN5OS. The first-order valence-electron chi connectivity index (χ1n) is 8.03. The Balaban J connectivity index is 1.54. The summed E-state index contributed by atoms with van der Waals surface area (Å²) in [5.74, 6) is -0.107. The Kier molecular flexibility index (Phi) is 5.96. The molecule has 0 aliphatic rings. The van der Waals surface area contributed by atoms with Crippen molar-refractivity contribution in [1.29, 1.82) is 0 Å². The number of hydrogen-bond acceptors (Lipinski definition) is 5. The van der Waals surface area contributed by atoms with Crippen LogP contribution in [0.3, 0.4) is 0 Å². The molecule has 1 aromatic heterocycles. The van der Waals surface area contributed by atoms with Crippen molar-refractivity contribution in [2.24, 2.45) is 0 Å². The van der Waals surface area contributed by atoms with Gasteiger partial charge in [0.2, 0.25) is 11.1 Å². The zero-order chi connectivity index (χ0) is 18.4. The van der Waals surface area contributed by atoms with Crippen LogP contribution in [0.5, 0.6) is 0 Å². The fourth-order valence-electron chi connectivity index (χ4n) is 2.34. The molecule has 0 aliphatic carbocycles. The largest absolute Gasteiger partial charge is 0.341 e. The molecule has 0 radical (unpaired) electrons. The second-order valence-corrected chi connectivity index (χ2v) is 6.71. The highest BCUT2D eigenvalue weighted by Crippen LogP contribution is 2.16. The van der Waals surface area contributed by atoms with E-state index in [4.69, 9.17) is 0 Å². The molecule has 3 rings (SSSR count). The summed E-state index contributed by atoms with van der Waals surface area (Å²) < 4.78 is 14.6. The van der Waals surface area contributed by atoms with Crippen LogP contribution in [0.15, 0.2) is 59.8 Å². The summed E-state index contributed by atoms with van der Waals surface area (Å²) in [5.41, 5.74) is 1.96. The van der Waals surface area contributed by atoms with Crippen molar-refractivity contribution in [3.8, 4) is 0 Å². The second-order valence-electron chi connectivity index (χ2n) is 5.77. The summed E-state index contributed by atoms with van der Waals surface area (Å²) >= 11 is 1.30. The molecule has 0 spiro atoms. The average Bonchev–Trinajstić information content (AvgIpc) is 3.09. The lowest BCUT2D eigenvalue weighted by Gasteiger charge is -2.17. The standard InChI is InChI=1S/C18H18FN5OS/c1-23(11-15-7-9-16(19)10-8-15)17(25)13-26-18-20-21-22-24(18)12-14-5-3-2-4-6-14/h2-10H,11-13H2,1H3. The summed E-state index contributed by atoms with van der Waals surface area (Å²) in [4.78, 5) is 13.9. The van der Waals surface area contributed by atoms with Gasteiger partial charge in [-0.1, -0.05) is 54.2 Å². The quantitative estimate of drug-likeness (QED) is 0.598. The van der Waals surface area contributed by atoms with Crippen LogP contribution < -0.4 is 0 Å². The van der Waals surface area contributed by atoms with Crippen molar-refractivity contribution >= 4 is 17.7 Å². The molecule has 8 heteroatoms. The highest BCUT2D eigenvalue weighted by molar-refractivity contribution is 7.99. The maximum atomic E-state index is 12.9. The van der Waals surface area contributed by atoms with Crippen LogP contribution in [-0.4, -0.2) is 43.8 Å². The van der Waals surface area contributed by atoms with Crippen molar-refractivity contribution in [2.45, 2.75) is 18.2 Å². The Morgan fingerprint density at radius 3 is 2.58 bits per heavy atom. The van der Waals surface area contributed by atoms with Crippen LogP contribution in [0.2, 0.25) is 0 Å². The first-order valence-corrected chi connectivity index (χ1v) is 9.01. The molecule has 1 heterocycles. The third kappa shape index (κ3) is 4.89. The molecule has 2 aromatic carbocycles. The first-order chi connectivity index (χ1) is 12.6. The zero-order valence-corrected chi connectivity index (χ0v) is 15.1. The van der Waals surface area contributed by atoms with Gasteiger partial charge in [-0.2, -0.15) is 0 Å². The molecule has 0 unspecified atom stereocenters. The van der Waals surface area contributed by atoms with Crippen LogP contribution in [0.4, 0.5) is 4.39 Å². The van der Waals surface area contributed by atoms with Gasteiger partial charge in [-0.3, -0.25) is 4.79 Å². The van der Waals surface area contributed by atoms with E-state index in [1.165, 1.54) is 23.9 Å². The van der Waals surface area contributed by atoms with E-state index in [0.717, 1.165) is 11.1 Å². The lowest BCUT2D eigenvalue weighted by atomic mass is 10.2. The molecule has 1 amide bonds. The predicted molar refractivity (Wildman–Crippen MR) is 97.0 cm³/mol. The van der Waals surface area contributed by atoms with Gasteiger partial charge in [0.1, 0.15) is 5.82 Å². The minimum absolute atomic E-state index is 0.0476. The average molecular weight is 371 g/mol. The third-order valence-electron chi connectivity index (χ3n) is 3.76. The van der Waals surface area contributed by atoms with Gasteiger partial charge in [-0.05, 0) is 33.7 Å². The van der Waals surface area contributed by atoms with E-state index in [2.05, 4.69) is 15.5 Å². The minimum Gasteiger partial charge on any atom is -0.341 e. The van der Waals surface area contributed by atoms with Gasteiger partial charge in [-0.15, -0.1) is 5.10 Å². The number of halogens is 1. The van der Waals surface area contributed by atoms with E-state index in [-0.39, 0.29) is 17.5 Å². The van der Waals surface area contributed by atoms with Crippen molar-refractivity contribution < 1.29 is 9.18 Å². The third-order valence-corrected chi connectivity index (χ3v) is 4.70. The van der Waals surface area contributed by atoms with E-state index < -0.39 is 0 Å². The van der Waals surface area contributed by atoms with E-state index in [1.54, 1.807) is 28.8 Å². The maximum Gasteiger partial charge on any atom is 0.233 e. The Morgan fingerprint density at radius 2 is 1.85 bits per heavy atom. The van der Waals surface area contributed by atoms with E-state index in [9.17, 15) is 9.18 Å². The lowest BCUT2D eigenvalue weighted by molar-refractivity contribution is -0.127. The van der Waals surface area contributed by atoms with Crippen LogP contribution >= 0.6 is 11.8 Å². The topological polar surface area (TPSA) is 63.9 Å². The highest BCUT2D eigenvalue weighted by Gasteiger charge is 2.14. The van der Waals surface area contributed by atoms with Crippen molar-refractivity contribution in [2.75, 3.05) is 12.8 Å². The number of thioether (sulfide) groups is 1. The van der Waals surface area contributed by atoms with Crippen LogP contribution in [-0.2, 0) is 17.9 Å². The fraction of sp³-hybridized carbons (Fsp3) is 0.222. The highest BCUT2D eigenvalue weighted by atomic mass is 32.2. The normalized spacial score (nSPS) is 10.7. The molecule has 0 bridgehead atoms. The number of hydrogen-bond donors (Lipinski definition) is 0. The number of nitrogens with zero attached hydrogens (tertiary/aromatic N) is 5. The van der Waals surface area contributed by atoms with Crippen LogP contribution in [0.25, 0.3) is 0 Å². The summed E-state index contributed by atoms with van der Waals surface area (Å²) in [6.45, 7) is 0.977.